The second kappa shape index (κ2) is 11.1. The molecule has 1 heterocycles. The van der Waals surface area contributed by atoms with E-state index in [0.717, 1.165) is 11.8 Å². The van der Waals surface area contributed by atoms with E-state index < -0.39 is 16.7 Å². The van der Waals surface area contributed by atoms with Crippen LogP contribution in [0.15, 0.2) is 64.3 Å². The number of methoxy groups -OCH3 is 1. The second-order valence-electron chi connectivity index (χ2n) is 7.54. The number of nitro benzene ring substituents is 1. The van der Waals surface area contributed by atoms with Crippen molar-refractivity contribution in [2.24, 2.45) is 0 Å². The molecule has 0 aliphatic carbocycles. The summed E-state index contributed by atoms with van der Waals surface area (Å²) in [4.78, 5) is 35.8. The lowest BCUT2D eigenvalue weighted by atomic mass is 9.81. The molecule has 0 radical (unpaired) electrons. The normalized spacial score (nSPS) is 15.2. The lowest BCUT2D eigenvalue weighted by Crippen LogP contribution is -2.27. The van der Waals surface area contributed by atoms with Crippen LogP contribution in [0.3, 0.4) is 0 Å². The molecule has 9 nitrogen and oxygen atoms in total. The van der Waals surface area contributed by atoms with Crippen molar-refractivity contribution in [2.45, 2.75) is 19.8 Å². The summed E-state index contributed by atoms with van der Waals surface area (Å²) in [5, 5.41) is 27.9. The minimum atomic E-state index is -0.621. The Balaban J connectivity index is 1.86. The first-order chi connectivity index (χ1) is 16.7. The Morgan fingerprint density at radius 3 is 2.54 bits per heavy atom. The van der Waals surface area contributed by atoms with Crippen molar-refractivity contribution in [3.8, 4) is 11.8 Å². The number of amides is 1. The highest BCUT2D eigenvalue weighted by Crippen LogP contribution is 2.41. The maximum Gasteiger partial charge on any atom is 0.296 e. The number of nitrogens with zero attached hydrogens (tertiary/aromatic N) is 2. The molecule has 1 aliphatic heterocycles. The van der Waals surface area contributed by atoms with Gasteiger partial charge in [-0.05, 0) is 43.7 Å². The molecule has 0 unspecified atom stereocenters. The monoisotopic (exact) mass is 512 g/mol. The van der Waals surface area contributed by atoms with Gasteiger partial charge < -0.3 is 15.4 Å². The van der Waals surface area contributed by atoms with Gasteiger partial charge in [-0.15, -0.1) is 0 Å². The molecule has 0 saturated heterocycles. The molecule has 0 spiro atoms. The van der Waals surface area contributed by atoms with E-state index in [1.165, 1.54) is 32.2 Å². The maximum absolute atomic E-state index is 12.6. The van der Waals surface area contributed by atoms with E-state index >= 15 is 0 Å². The molecule has 0 bridgehead atoms. The van der Waals surface area contributed by atoms with Crippen LogP contribution in [0.2, 0.25) is 5.02 Å². The van der Waals surface area contributed by atoms with Gasteiger partial charge in [0, 0.05) is 16.3 Å². The molecule has 2 N–H and O–H groups in total. The molecule has 1 amide bonds. The number of ether oxygens (including phenoxy) is 1. The van der Waals surface area contributed by atoms with Gasteiger partial charge in [0.15, 0.2) is 5.78 Å². The lowest BCUT2D eigenvalue weighted by Gasteiger charge is -2.29. The van der Waals surface area contributed by atoms with Crippen molar-refractivity contribution in [1.82, 2.24) is 5.32 Å². The molecule has 0 aromatic heterocycles. The Labute approximate surface area is 210 Å². The highest BCUT2D eigenvalue weighted by atomic mass is 35.5. The van der Waals surface area contributed by atoms with Crippen molar-refractivity contribution in [3.63, 3.8) is 0 Å². The average molecular weight is 513 g/mol. The summed E-state index contributed by atoms with van der Waals surface area (Å²) in [5.74, 6) is -1.15. The molecule has 0 saturated carbocycles. The number of halogens is 1. The molecule has 35 heavy (non-hydrogen) atoms. The predicted molar refractivity (Wildman–Crippen MR) is 134 cm³/mol. The third-order valence-electron chi connectivity index (χ3n) is 5.25. The zero-order valence-electron chi connectivity index (χ0n) is 19.0. The standard InChI is InChI=1S/C24H21ClN4O5S/c1-13-22(14(2)30)23(15-4-6-16(25)7-5-15)18(11-26)24(27-13)35-12-21(31)28-19-9-8-17(34-3)10-20(19)29(32)33/h4-10,23,27H,12H2,1-3H3,(H,28,31)/t23-/m0/s1. The van der Waals surface area contributed by atoms with E-state index in [1.807, 2.05) is 0 Å². The van der Waals surface area contributed by atoms with Gasteiger partial charge in [0.05, 0.1) is 46.4 Å². The summed E-state index contributed by atoms with van der Waals surface area (Å²) in [6.07, 6.45) is 0. The number of thioether (sulfide) groups is 1. The van der Waals surface area contributed by atoms with Crippen LogP contribution in [-0.2, 0) is 9.59 Å². The first kappa shape index (κ1) is 25.8. The van der Waals surface area contributed by atoms with Crippen LogP contribution in [0.1, 0.15) is 25.3 Å². The van der Waals surface area contributed by atoms with Crippen LogP contribution in [-0.4, -0.2) is 29.5 Å². The molecule has 0 fully saturated rings. The van der Waals surface area contributed by atoms with Crippen molar-refractivity contribution in [3.05, 3.63) is 85.0 Å². The fourth-order valence-electron chi connectivity index (χ4n) is 3.70. The minimum absolute atomic E-state index is 0.0291. The summed E-state index contributed by atoms with van der Waals surface area (Å²) in [7, 11) is 1.39. The number of ketones is 1. The molecule has 180 valence electrons. The molecule has 2 aromatic carbocycles. The fourth-order valence-corrected chi connectivity index (χ4v) is 4.72. The Kier molecular flexibility index (Phi) is 8.17. The topological polar surface area (TPSA) is 134 Å². The number of carbonyl (C=O) groups excluding carboxylic acids is 2. The van der Waals surface area contributed by atoms with Crippen LogP contribution in [0.25, 0.3) is 0 Å². The number of nitro groups is 1. The van der Waals surface area contributed by atoms with Gasteiger partial charge in [-0.2, -0.15) is 5.26 Å². The number of anilines is 1. The Morgan fingerprint density at radius 2 is 1.97 bits per heavy atom. The van der Waals surface area contributed by atoms with E-state index in [9.17, 15) is 25.0 Å². The Hall–Kier alpha value is -3.81. The van der Waals surface area contributed by atoms with Crippen LogP contribution < -0.4 is 15.4 Å². The Bertz CT molecular complexity index is 1300. The number of hydrogen-bond acceptors (Lipinski definition) is 8. The van der Waals surface area contributed by atoms with Gasteiger partial charge in [-0.25, -0.2) is 0 Å². The van der Waals surface area contributed by atoms with Crippen molar-refractivity contribution in [1.29, 1.82) is 5.26 Å². The van der Waals surface area contributed by atoms with E-state index in [2.05, 4.69) is 16.7 Å². The second-order valence-corrected chi connectivity index (χ2v) is 8.96. The summed E-state index contributed by atoms with van der Waals surface area (Å²) in [6, 6.07) is 13.2. The molecule has 1 aliphatic rings. The molecular weight excluding hydrogens is 492 g/mol. The summed E-state index contributed by atoms with van der Waals surface area (Å²) < 4.78 is 5.00. The van der Waals surface area contributed by atoms with Crippen LogP contribution >= 0.6 is 23.4 Å². The van der Waals surface area contributed by atoms with Gasteiger partial charge in [-0.3, -0.25) is 19.7 Å². The summed E-state index contributed by atoms with van der Waals surface area (Å²) >= 11 is 7.08. The highest BCUT2D eigenvalue weighted by Gasteiger charge is 2.33. The number of nitrogens with one attached hydrogen (secondary N) is 2. The van der Waals surface area contributed by atoms with Crippen LogP contribution in [0.5, 0.6) is 5.75 Å². The predicted octanol–water partition coefficient (Wildman–Crippen LogP) is 4.91. The van der Waals surface area contributed by atoms with E-state index in [0.29, 0.717) is 26.9 Å². The first-order valence-electron chi connectivity index (χ1n) is 10.3. The number of Topliss-reactive ketones (excluding diaryl/α,β-unsaturated/α-hetero) is 1. The number of carbonyl (C=O) groups is 2. The summed E-state index contributed by atoms with van der Waals surface area (Å²) in [5.41, 5.74) is 1.76. The summed E-state index contributed by atoms with van der Waals surface area (Å²) in [6.45, 7) is 3.17. The van der Waals surface area contributed by atoms with Gasteiger partial charge in [0.1, 0.15) is 11.4 Å². The molecule has 1 atom stereocenters. The quantitative estimate of drug-likeness (QED) is 0.376. The van der Waals surface area contributed by atoms with Crippen molar-refractivity contribution < 1.29 is 19.2 Å². The number of hydrogen-bond donors (Lipinski definition) is 2. The maximum atomic E-state index is 12.6. The number of dihydropyridines is 1. The van der Waals surface area contributed by atoms with Crippen molar-refractivity contribution >= 4 is 46.4 Å². The third kappa shape index (κ3) is 5.82. The SMILES string of the molecule is COc1ccc(NC(=O)CSC2=C(C#N)[C@H](c3ccc(Cl)cc3)C(C(C)=O)=C(C)N2)c([N+](=O)[O-])c1. The van der Waals surface area contributed by atoms with E-state index in [4.69, 9.17) is 16.3 Å². The minimum Gasteiger partial charge on any atom is -0.496 e. The van der Waals surface area contributed by atoms with E-state index in [1.54, 1.807) is 31.2 Å². The zero-order chi connectivity index (χ0) is 25.7. The van der Waals surface area contributed by atoms with Gasteiger partial charge in [0.25, 0.3) is 5.69 Å². The molecule has 3 rings (SSSR count). The molecular formula is C24H21ClN4O5S. The molecule has 2 aromatic rings. The number of allylic oxidation sites excluding steroid dienone is 3. The highest BCUT2D eigenvalue weighted by molar-refractivity contribution is 8.03. The van der Waals surface area contributed by atoms with Crippen LogP contribution in [0.4, 0.5) is 11.4 Å². The average Bonchev–Trinajstić information content (AvgIpc) is 2.82. The fraction of sp³-hybridized carbons (Fsp3) is 0.208. The zero-order valence-corrected chi connectivity index (χ0v) is 20.6. The molecule has 11 heteroatoms. The number of rotatable bonds is 8. The largest absolute Gasteiger partial charge is 0.496 e. The van der Waals surface area contributed by atoms with E-state index in [-0.39, 0.29) is 34.2 Å². The Morgan fingerprint density at radius 1 is 1.29 bits per heavy atom. The third-order valence-corrected chi connectivity index (χ3v) is 6.52. The van der Waals surface area contributed by atoms with Crippen LogP contribution in [0, 0.1) is 21.4 Å². The smallest absolute Gasteiger partial charge is 0.296 e. The van der Waals surface area contributed by atoms with Crippen molar-refractivity contribution in [2.75, 3.05) is 18.2 Å². The first-order valence-corrected chi connectivity index (χ1v) is 11.7. The lowest BCUT2D eigenvalue weighted by molar-refractivity contribution is -0.384. The van der Waals surface area contributed by atoms with Gasteiger partial charge >= 0.3 is 0 Å². The number of benzene rings is 2. The van der Waals surface area contributed by atoms with Gasteiger partial charge in [0.2, 0.25) is 5.91 Å². The number of nitriles is 1. The van der Waals surface area contributed by atoms with Gasteiger partial charge in [-0.1, -0.05) is 35.5 Å².